The number of benzene rings is 1. The Labute approximate surface area is 126 Å². The van der Waals surface area contributed by atoms with Gasteiger partial charge in [-0.05, 0) is 31.5 Å². The highest BCUT2D eigenvalue weighted by atomic mass is 16.2. The molecule has 2 rings (SSSR count). The summed E-state index contributed by atoms with van der Waals surface area (Å²) >= 11 is 0. The maximum absolute atomic E-state index is 12.0. The third-order valence-corrected chi connectivity index (χ3v) is 4.04. The van der Waals surface area contributed by atoms with E-state index in [-0.39, 0.29) is 17.9 Å². The molecule has 1 atom stereocenters. The Bertz CT molecular complexity index is 574. The molecule has 1 amide bonds. The zero-order valence-electron chi connectivity index (χ0n) is 12.6. The van der Waals surface area contributed by atoms with Gasteiger partial charge in [0.05, 0.1) is 5.41 Å². The number of aliphatic hydroxyl groups excluding tert-OH is 1. The van der Waals surface area contributed by atoms with Crippen LogP contribution in [0.5, 0.6) is 0 Å². The first-order valence-electron chi connectivity index (χ1n) is 7.21. The summed E-state index contributed by atoms with van der Waals surface area (Å²) < 4.78 is 0. The molecule has 112 valence electrons. The Morgan fingerprint density at radius 1 is 1.48 bits per heavy atom. The molecule has 0 aliphatic carbocycles. The third kappa shape index (κ3) is 3.63. The molecule has 0 saturated carbocycles. The molecule has 1 aromatic carbocycles. The van der Waals surface area contributed by atoms with Crippen LogP contribution >= 0.6 is 0 Å². The van der Waals surface area contributed by atoms with Crippen molar-refractivity contribution in [2.45, 2.75) is 19.9 Å². The molecular weight excluding hydrogens is 264 g/mol. The topological polar surface area (TPSA) is 52.6 Å². The van der Waals surface area contributed by atoms with Crippen LogP contribution in [0.4, 0.5) is 0 Å². The molecule has 2 N–H and O–H groups in total. The van der Waals surface area contributed by atoms with E-state index in [0.717, 1.165) is 37.2 Å². The van der Waals surface area contributed by atoms with Crippen molar-refractivity contribution in [1.82, 2.24) is 10.2 Å². The maximum Gasteiger partial charge on any atom is 0.227 e. The van der Waals surface area contributed by atoms with Gasteiger partial charge in [0.1, 0.15) is 6.61 Å². The van der Waals surface area contributed by atoms with Gasteiger partial charge in [0.15, 0.2) is 0 Å². The van der Waals surface area contributed by atoms with Crippen LogP contribution in [0.15, 0.2) is 24.3 Å². The molecule has 0 radical (unpaired) electrons. The van der Waals surface area contributed by atoms with Crippen molar-refractivity contribution < 1.29 is 9.90 Å². The van der Waals surface area contributed by atoms with Gasteiger partial charge in [-0.15, -0.1) is 0 Å². The van der Waals surface area contributed by atoms with E-state index in [1.54, 1.807) is 7.05 Å². The van der Waals surface area contributed by atoms with Crippen LogP contribution in [0.2, 0.25) is 0 Å². The lowest BCUT2D eigenvalue weighted by atomic mass is 9.89. The highest BCUT2D eigenvalue weighted by molar-refractivity contribution is 5.82. The van der Waals surface area contributed by atoms with Gasteiger partial charge < -0.3 is 10.4 Å². The molecule has 0 aromatic heterocycles. The summed E-state index contributed by atoms with van der Waals surface area (Å²) in [4.78, 5) is 14.2. The first-order chi connectivity index (χ1) is 10.1. The number of carbonyl (C=O) groups excluding carboxylic acids is 1. The molecule has 1 aliphatic heterocycles. The summed E-state index contributed by atoms with van der Waals surface area (Å²) in [5.74, 6) is 5.79. The first-order valence-corrected chi connectivity index (χ1v) is 7.21. The number of amides is 1. The summed E-state index contributed by atoms with van der Waals surface area (Å²) in [6, 6.07) is 7.96. The highest BCUT2D eigenvalue weighted by Gasteiger charge is 2.39. The van der Waals surface area contributed by atoms with Crippen molar-refractivity contribution >= 4 is 5.91 Å². The quantitative estimate of drug-likeness (QED) is 0.815. The van der Waals surface area contributed by atoms with E-state index in [1.165, 1.54) is 0 Å². The zero-order valence-corrected chi connectivity index (χ0v) is 12.6. The minimum atomic E-state index is -0.305. The first kappa shape index (κ1) is 15.6. The Kier molecular flexibility index (Phi) is 5.00. The number of rotatable bonds is 3. The minimum absolute atomic E-state index is 0.110. The van der Waals surface area contributed by atoms with Crippen LogP contribution in [-0.2, 0) is 11.3 Å². The van der Waals surface area contributed by atoms with E-state index in [4.69, 9.17) is 5.11 Å². The molecule has 0 bridgehead atoms. The molecule has 0 spiro atoms. The Hall–Kier alpha value is -1.83. The van der Waals surface area contributed by atoms with E-state index in [1.807, 2.05) is 25.1 Å². The fraction of sp³-hybridized carbons (Fsp3) is 0.471. The van der Waals surface area contributed by atoms with E-state index < -0.39 is 0 Å². The van der Waals surface area contributed by atoms with Crippen LogP contribution in [-0.4, -0.2) is 42.7 Å². The fourth-order valence-electron chi connectivity index (χ4n) is 2.83. The molecule has 1 fully saturated rings. The summed E-state index contributed by atoms with van der Waals surface area (Å²) in [7, 11) is 1.69. The van der Waals surface area contributed by atoms with Gasteiger partial charge in [-0.1, -0.05) is 30.0 Å². The maximum atomic E-state index is 12.0. The second kappa shape index (κ2) is 6.75. The van der Waals surface area contributed by atoms with Crippen molar-refractivity contribution in [2.75, 3.05) is 26.7 Å². The van der Waals surface area contributed by atoms with Gasteiger partial charge in [0, 0.05) is 25.7 Å². The highest BCUT2D eigenvalue weighted by Crippen LogP contribution is 2.31. The number of nitrogens with zero attached hydrogens (tertiary/aromatic N) is 1. The molecule has 1 aromatic rings. The van der Waals surface area contributed by atoms with Gasteiger partial charge >= 0.3 is 0 Å². The smallest absolute Gasteiger partial charge is 0.227 e. The minimum Gasteiger partial charge on any atom is -0.384 e. The van der Waals surface area contributed by atoms with Crippen molar-refractivity contribution in [3.05, 3.63) is 35.4 Å². The number of carbonyl (C=O) groups is 1. The van der Waals surface area contributed by atoms with Crippen LogP contribution in [0.1, 0.15) is 24.5 Å². The van der Waals surface area contributed by atoms with E-state index in [2.05, 4.69) is 28.1 Å². The van der Waals surface area contributed by atoms with Crippen molar-refractivity contribution in [2.24, 2.45) is 5.41 Å². The molecule has 1 saturated heterocycles. The number of hydrogen-bond acceptors (Lipinski definition) is 3. The molecule has 1 heterocycles. The Balaban J connectivity index is 2.09. The van der Waals surface area contributed by atoms with Crippen molar-refractivity contribution in [1.29, 1.82) is 0 Å². The average Bonchev–Trinajstić information content (AvgIpc) is 2.88. The standard InChI is InChI=1S/C17H22N2O2/c1-17(16(21)18-2)9-10-19(13-17)12-15-7-4-3-6-14(15)8-5-11-20/h3-4,6-7,20H,9-13H2,1-2H3,(H,18,21). The lowest BCUT2D eigenvalue weighted by Crippen LogP contribution is -2.39. The molecule has 1 unspecified atom stereocenters. The van der Waals surface area contributed by atoms with Crippen LogP contribution in [0.25, 0.3) is 0 Å². The third-order valence-electron chi connectivity index (χ3n) is 4.04. The van der Waals surface area contributed by atoms with Crippen molar-refractivity contribution in [3.8, 4) is 11.8 Å². The van der Waals surface area contributed by atoms with Crippen LogP contribution in [0.3, 0.4) is 0 Å². The summed E-state index contributed by atoms with van der Waals surface area (Å²) in [5, 5.41) is 11.6. The summed E-state index contributed by atoms with van der Waals surface area (Å²) in [5.41, 5.74) is 1.78. The second-order valence-electron chi connectivity index (χ2n) is 5.72. The SMILES string of the molecule is CNC(=O)C1(C)CCN(Cc2ccccc2C#CCO)C1. The van der Waals surface area contributed by atoms with Gasteiger partial charge in [0.25, 0.3) is 0 Å². The predicted octanol–water partition coefficient (Wildman–Crippen LogP) is 0.988. The number of likely N-dealkylation sites (tertiary alicyclic amines) is 1. The van der Waals surface area contributed by atoms with E-state index >= 15 is 0 Å². The van der Waals surface area contributed by atoms with Gasteiger partial charge in [-0.2, -0.15) is 0 Å². The predicted molar refractivity (Wildman–Crippen MR) is 82.5 cm³/mol. The summed E-state index contributed by atoms with van der Waals surface area (Å²) in [6.45, 7) is 4.33. The number of aliphatic hydroxyl groups is 1. The molecule has 1 aliphatic rings. The second-order valence-corrected chi connectivity index (χ2v) is 5.72. The lowest BCUT2D eigenvalue weighted by molar-refractivity contribution is -0.129. The van der Waals surface area contributed by atoms with E-state index in [0.29, 0.717) is 0 Å². The van der Waals surface area contributed by atoms with Gasteiger partial charge in [-0.3, -0.25) is 9.69 Å². The number of hydrogen-bond donors (Lipinski definition) is 2. The number of nitrogens with one attached hydrogen (secondary N) is 1. The Morgan fingerprint density at radius 2 is 2.24 bits per heavy atom. The normalized spacial score (nSPS) is 21.7. The molecule has 4 heteroatoms. The van der Waals surface area contributed by atoms with Gasteiger partial charge in [-0.25, -0.2) is 0 Å². The zero-order chi connectivity index (χ0) is 15.3. The fourth-order valence-corrected chi connectivity index (χ4v) is 2.83. The van der Waals surface area contributed by atoms with Gasteiger partial charge in [0.2, 0.25) is 5.91 Å². The van der Waals surface area contributed by atoms with Crippen LogP contribution < -0.4 is 5.32 Å². The van der Waals surface area contributed by atoms with Crippen LogP contribution in [0, 0.1) is 17.3 Å². The Morgan fingerprint density at radius 3 is 2.95 bits per heavy atom. The average molecular weight is 286 g/mol. The monoisotopic (exact) mass is 286 g/mol. The van der Waals surface area contributed by atoms with Crippen molar-refractivity contribution in [3.63, 3.8) is 0 Å². The lowest BCUT2D eigenvalue weighted by Gasteiger charge is -2.23. The largest absolute Gasteiger partial charge is 0.384 e. The summed E-state index contributed by atoms with van der Waals surface area (Å²) in [6.07, 6.45) is 0.872. The molecular formula is C17H22N2O2. The molecule has 21 heavy (non-hydrogen) atoms. The van der Waals surface area contributed by atoms with E-state index in [9.17, 15) is 4.79 Å². The molecule has 4 nitrogen and oxygen atoms in total.